The Morgan fingerprint density at radius 3 is 2.54 bits per heavy atom. The molecule has 2 rings (SSSR count). The molecule has 0 aliphatic heterocycles. The quantitative estimate of drug-likeness (QED) is 0.576. The Balaban J connectivity index is 1.75. The predicted octanol–water partition coefficient (Wildman–Crippen LogP) is 2.94. The molecule has 7 heteroatoms. The number of thiophene rings is 1. The second-order valence-electron chi connectivity index (χ2n) is 5.90. The molecule has 0 aliphatic rings. The number of Topliss-reactive ketones (excluding diaryl/α,β-unsaturated/α-hetero) is 1. The highest BCUT2D eigenvalue weighted by Crippen LogP contribution is 2.21. The van der Waals surface area contributed by atoms with Crippen molar-refractivity contribution in [3.05, 3.63) is 51.7 Å². The maximum Gasteiger partial charge on any atom is 0.279 e. The largest absolute Gasteiger partial charge is 0.481 e. The third-order valence-corrected chi connectivity index (χ3v) is 4.84. The Bertz CT molecular complexity index is 787. The molecule has 1 atom stereocenters. The van der Waals surface area contributed by atoms with Crippen LogP contribution < -0.4 is 15.6 Å². The molecule has 2 N–H and O–H groups in total. The lowest BCUT2D eigenvalue weighted by Gasteiger charge is -2.17. The topological polar surface area (TPSA) is 84.5 Å². The molecule has 0 saturated heterocycles. The molecule has 1 aromatic heterocycles. The first-order chi connectivity index (χ1) is 12.4. The van der Waals surface area contributed by atoms with E-state index in [-0.39, 0.29) is 18.6 Å². The number of rotatable bonds is 7. The number of ether oxygens (including phenoxy) is 1. The van der Waals surface area contributed by atoms with Crippen LogP contribution in [0.5, 0.6) is 5.75 Å². The highest BCUT2D eigenvalue weighted by molar-refractivity contribution is 7.12. The molecule has 0 bridgehead atoms. The number of nitrogens with one attached hydrogen (secondary N) is 2. The molecule has 26 heavy (non-hydrogen) atoms. The van der Waals surface area contributed by atoms with Gasteiger partial charge in [-0.25, -0.2) is 0 Å². The maximum absolute atomic E-state index is 12.1. The van der Waals surface area contributed by atoms with Crippen LogP contribution >= 0.6 is 11.3 Å². The van der Waals surface area contributed by atoms with Gasteiger partial charge in [-0.15, -0.1) is 11.3 Å². The summed E-state index contributed by atoms with van der Waals surface area (Å²) in [4.78, 5) is 36.3. The molecule has 0 fully saturated rings. The van der Waals surface area contributed by atoms with Crippen LogP contribution in [0.4, 0.5) is 0 Å². The van der Waals surface area contributed by atoms with E-state index in [1.54, 1.807) is 25.1 Å². The number of hydrogen-bond donors (Lipinski definition) is 2. The molecule has 6 nitrogen and oxygen atoms in total. The van der Waals surface area contributed by atoms with Gasteiger partial charge in [-0.05, 0) is 49.4 Å². The van der Waals surface area contributed by atoms with Gasteiger partial charge in [-0.3, -0.25) is 25.2 Å². The van der Waals surface area contributed by atoms with Crippen molar-refractivity contribution in [1.82, 2.24) is 10.9 Å². The van der Waals surface area contributed by atoms with Crippen LogP contribution in [0.2, 0.25) is 0 Å². The van der Waals surface area contributed by atoms with E-state index >= 15 is 0 Å². The zero-order valence-electron chi connectivity index (χ0n) is 15.0. The Hall–Kier alpha value is -2.67. The van der Waals surface area contributed by atoms with Crippen molar-refractivity contribution >= 4 is 28.9 Å². The molecule has 138 valence electrons. The molecule has 2 aromatic rings. The second-order valence-corrected chi connectivity index (χ2v) is 6.84. The third kappa shape index (κ3) is 5.42. The zero-order chi connectivity index (χ0) is 19.1. The number of aryl methyl sites for hydroxylation is 1. The van der Waals surface area contributed by atoms with Crippen LogP contribution in [-0.2, 0) is 9.59 Å². The van der Waals surface area contributed by atoms with Gasteiger partial charge in [-0.1, -0.05) is 18.2 Å². The molecule has 0 spiro atoms. The van der Waals surface area contributed by atoms with Crippen molar-refractivity contribution in [1.29, 1.82) is 0 Å². The fraction of sp³-hybridized carbons (Fsp3) is 0.316. The molecular formula is C19H22N2O4S. The van der Waals surface area contributed by atoms with Gasteiger partial charge in [0.25, 0.3) is 5.91 Å². The summed E-state index contributed by atoms with van der Waals surface area (Å²) >= 11 is 1.34. The smallest absolute Gasteiger partial charge is 0.279 e. The summed E-state index contributed by atoms with van der Waals surface area (Å²) < 4.78 is 5.65. The number of carbonyl (C=O) groups is 3. The maximum atomic E-state index is 12.1. The van der Waals surface area contributed by atoms with E-state index in [0.717, 1.165) is 11.1 Å². The normalized spacial score (nSPS) is 11.5. The fourth-order valence-corrected chi connectivity index (χ4v) is 2.87. The van der Waals surface area contributed by atoms with Crippen LogP contribution in [0, 0.1) is 13.8 Å². The summed E-state index contributed by atoms with van der Waals surface area (Å²) in [6, 6.07) is 9.12. The molecule has 1 heterocycles. The second kappa shape index (κ2) is 9.15. The van der Waals surface area contributed by atoms with Gasteiger partial charge in [0.2, 0.25) is 5.91 Å². The molecular weight excluding hydrogens is 352 g/mol. The minimum absolute atomic E-state index is 0.00321. The number of ketones is 1. The minimum Gasteiger partial charge on any atom is -0.481 e. The first-order valence-corrected chi connectivity index (χ1v) is 9.14. The lowest BCUT2D eigenvalue weighted by atomic mass is 10.1. The average Bonchev–Trinajstić information content (AvgIpc) is 3.16. The Morgan fingerprint density at radius 1 is 1.08 bits per heavy atom. The number of hydrogen-bond acceptors (Lipinski definition) is 5. The van der Waals surface area contributed by atoms with E-state index in [2.05, 4.69) is 10.9 Å². The Labute approximate surface area is 156 Å². The van der Waals surface area contributed by atoms with Crippen molar-refractivity contribution < 1.29 is 19.1 Å². The van der Waals surface area contributed by atoms with Gasteiger partial charge in [0.15, 0.2) is 11.9 Å². The summed E-state index contributed by atoms with van der Waals surface area (Å²) in [6.07, 6.45) is -0.677. The van der Waals surface area contributed by atoms with Crippen LogP contribution in [0.15, 0.2) is 35.7 Å². The van der Waals surface area contributed by atoms with Crippen molar-refractivity contribution in [3.8, 4) is 5.75 Å². The highest BCUT2D eigenvalue weighted by atomic mass is 32.1. The number of carbonyl (C=O) groups excluding carboxylic acids is 3. The van der Waals surface area contributed by atoms with Crippen LogP contribution in [-0.4, -0.2) is 23.7 Å². The Kier molecular flexibility index (Phi) is 6.91. The first kappa shape index (κ1) is 19.7. The van der Waals surface area contributed by atoms with Crippen LogP contribution in [0.3, 0.4) is 0 Å². The zero-order valence-corrected chi connectivity index (χ0v) is 15.8. The molecule has 0 saturated carbocycles. The molecule has 0 radical (unpaired) electrons. The monoisotopic (exact) mass is 374 g/mol. The van der Waals surface area contributed by atoms with Gasteiger partial charge in [-0.2, -0.15) is 0 Å². The van der Waals surface area contributed by atoms with Gasteiger partial charge < -0.3 is 4.74 Å². The summed E-state index contributed by atoms with van der Waals surface area (Å²) in [7, 11) is 0. The average molecular weight is 374 g/mol. The molecule has 2 amide bonds. The van der Waals surface area contributed by atoms with Crippen LogP contribution in [0.1, 0.15) is 40.6 Å². The molecule has 1 aromatic carbocycles. The van der Waals surface area contributed by atoms with Crippen molar-refractivity contribution in [2.45, 2.75) is 39.7 Å². The van der Waals surface area contributed by atoms with Crippen molar-refractivity contribution in [3.63, 3.8) is 0 Å². The number of amides is 2. The summed E-state index contributed by atoms with van der Waals surface area (Å²) in [5.41, 5.74) is 6.66. The van der Waals surface area contributed by atoms with E-state index in [0.29, 0.717) is 10.6 Å². The SMILES string of the molecule is Cc1cccc(O[C@H](C)C(=O)NNC(=O)CCC(=O)c2cccs2)c1C. The number of hydrazine groups is 1. The highest BCUT2D eigenvalue weighted by Gasteiger charge is 2.17. The van der Waals surface area contributed by atoms with Gasteiger partial charge in [0.05, 0.1) is 4.88 Å². The van der Waals surface area contributed by atoms with Crippen LogP contribution in [0.25, 0.3) is 0 Å². The van der Waals surface area contributed by atoms with E-state index in [1.807, 2.05) is 31.4 Å². The standard InChI is InChI=1S/C19H22N2O4S/c1-12-6-4-7-16(13(12)2)25-14(3)19(24)21-20-18(23)10-9-15(22)17-8-5-11-26-17/h4-8,11,14H,9-10H2,1-3H3,(H,20,23)(H,21,24)/t14-/m1/s1. The predicted molar refractivity (Wildman–Crippen MR) is 100 cm³/mol. The van der Waals surface area contributed by atoms with Gasteiger partial charge >= 0.3 is 0 Å². The third-order valence-electron chi connectivity index (χ3n) is 3.93. The summed E-state index contributed by atoms with van der Waals surface area (Å²) in [5.74, 6) is -0.361. The number of benzene rings is 1. The fourth-order valence-electron chi connectivity index (χ4n) is 2.18. The van der Waals surface area contributed by atoms with Gasteiger partial charge in [0.1, 0.15) is 5.75 Å². The van der Waals surface area contributed by atoms with E-state index < -0.39 is 17.9 Å². The van der Waals surface area contributed by atoms with Crippen molar-refractivity contribution in [2.24, 2.45) is 0 Å². The molecule has 0 unspecified atom stereocenters. The summed E-state index contributed by atoms with van der Waals surface area (Å²) in [6.45, 7) is 5.48. The van der Waals surface area contributed by atoms with Gasteiger partial charge in [0, 0.05) is 12.8 Å². The lowest BCUT2D eigenvalue weighted by molar-refractivity contribution is -0.132. The van der Waals surface area contributed by atoms with E-state index in [9.17, 15) is 14.4 Å². The molecule has 0 aliphatic carbocycles. The minimum atomic E-state index is -0.774. The lowest BCUT2D eigenvalue weighted by Crippen LogP contribution is -2.47. The van der Waals surface area contributed by atoms with Crippen molar-refractivity contribution in [2.75, 3.05) is 0 Å². The van der Waals surface area contributed by atoms with E-state index in [1.165, 1.54) is 11.3 Å². The summed E-state index contributed by atoms with van der Waals surface area (Å²) in [5, 5.41) is 1.81. The first-order valence-electron chi connectivity index (χ1n) is 8.26. The van der Waals surface area contributed by atoms with E-state index in [4.69, 9.17) is 4.74 Å². The Morgan fingerprint density at radius 2 is 1.85 bits per heavy atom.